The highest BCUT2D eigenvalue weighted by Crippen LogP contribution is 2.15. The Kier molecular flexibility index (Phi) is 4.41. The fraction of sp³-hybridized carbons (Fsp3) is 0.636. The highest BCUT2D eigenvalue weighted by molar-refractivity contribution is 5.75. The van der Waals surface area contributed by atoms with Crippen LogP contribution in [0.5, 0.6) is 0 Å². The van der Waals surface area contributed by atoms with Gasteiger partial charge < -0.3 is 15.3 Å². The minimum absolute atomic E-state index is 0.146. The van der Waals surface area contributed by atoms with Gasteiger partial charge >= 0.3 is 5.97 Å². The number of hydrogen-bond acceptors (Lipinski definition) is 6. The second-order valence-corrected chi connectivity index (χ2v) is 4.57. The Balaban J connectivity index is 3.07. The summed E-state index contributed by atoms with van der Waals surface area (Å²) in [6.07, 6.45) is 0. The quantitative estimate of drug-likeness (QED) is 0.807. The second kappa shape index (κ2) is 5.61. The summed E-state index contributed by atoms with van der Waals surface area (Å²) in [4.78, 5) is 25.2. The van der Waals surface area contributed by atoms with Crippen molar-refractivity contribution in [3.8, 4) is 0 Å². The van der Waals surface area contributed by atoms with Crippen molar-refractivity contribution in [3.05, 3.63) is 5.82 Å². The molecule has 0 spiro atoms. The van der Waals surface area contributed by atoms with Crippen LogP contribution in [0, 0.1) is 0 Å². The van der Waals surface area contributed by atoms with Crippen molar-refractivity contribution in [2.24, 2.45) is 0 Å². The van der Waals surface area contributed by atoms with Crippen molar-refractivity contribution < 1.29 is 9.90 Å². The van der Waals surface area contributed by atoms with Crippen LogP contribution in [0.3, 0.4) is 0 Å². The molecule has 100 valence electrons. The van der Waals surface area contributed by atoms with Gasteiger partial charge in [0.25, 0.3) is 0 Å². The monoisotopic (exact) mass is 253 g/mol. The van der Waals surface area contributed by atoms with Gasteiger partial charge in [-0.2, -0.15) is 15.0 Å². The third-order valence-corrected chi connectivity index (χ3v) is 2.27. The number of nitrogens with zero attached hydrogens (tertiary/aromatic N) is 4. The smallest absolute Gasteiger partial charge is 0.325 e. The molecule has 1 atom stereocenters. The maximum atomic E-state index is 10.8. The van der Waals surface area contributed by atoms with E-state index in [1.165, 1.54) is 6.92 Å². The molecule has 2 N–H and O–H groups in total. The SMILES string of the molecule is CC(Nc1nc(C(C)C)nc(N(C)C)n1)C(=O)O. The van der Waals surface area contributed by atoms with Crippen LogP contribution in [-0.2, 0) is 4.79 Å². The van der Waals surface area contributed by atoms with Crippen molar-refractivity contribution in [2.75, 3.05) is 24.3 Å². The molecule has 1 rings (SSSR count). The van der Waals surface area contributed by atoms with E-state index in [4.69, 9.17) is 5.11 Å². The standard InChI is InChI=1S/C11H19N5O2/c1-6(2)8-13-10(12-7(3)9(17)18)15-11(14-8)16(4)5/h6-7H,1-5H3,(H,17,18)(H,12,13,14,15). The van der Waals surface area contributed by atoms with Crippen LogP contribution in [0.25, 0.3) is 0 Å². The van der Waals surface area contributed by atoms with E-state index >= 15 is 0 Å². The molecule has 0 aromatic carbocycles. The van der Waals surface area contributed by atoms with Gasteiger partial charge in [-0.05, 0) is 6.92 Å². The summed E-state index contributed by atoms with van der Waals surface area (Å²) in [5.41, 5.74) is 0. The van der Waals surface area contributed by atoms with Gasteiger partial charge in [0.05, 0.1) is 0 Å². The number of carbonyl (C=O) groups is 1. The van der Waals surface area contributed by atoms with Gasteiger partial charge in [0, 0.05) is 20.0 Å². The molecule has 0 aliphatic carbocycles. The average molecular weight is 253 g/mol. The molecule has 0 aliphatic rings. The Morgan fingerprint density at radius 3 is 2.28 bits per heavy atom. The zero-order valence-electron chi connectivity index (χ0n) is 11.3. The number of hydrogen-bond donors (Lipinski definition) is 2. The van der Waals surface area contributed by atoms with Crippen LogP contribution >= 0.6 is 0 Å². The van der Waals surface area contributed by atoms with Crippen molar-refractivity contribution in [2.45, 2.75) is 32.7 Å². The van der Waals surface area contributed by atoms with E-state index in [2.05, 4.69) is 20.3 Å². The topological polar surface area (TPSA) is 91.2 Å². The van der Waals surface area contributed by atoms with Crippen molar-refractivity contribution >= 4 is 17.9 Å². The average Bonchev–Trinajstić information content (AvgIpc) is 2.28. The summed E-state index contributed by atoms with van der Waals surface area (Å²) in [7, 11) is 3.65. The third kappa shape index (κ3) is 3.54. The Morgan fingerprint density at radius 1 is 1.22 bits per heavy atom. The number of anilines is 2. The molecular formula is C11H19N5O2. The maximum Gasteiger partial charge on any atom is 0.325 e. The zero-order chi connectivity index (χ0) is 13.9. The number of carboxylic acid groups (broad SMARTS) is 1. The number of rotatable bonds is 5. The Hall–Kier alpha value is -1.92. The summed E-state index contributed by atoms with van der Waals surface area (Å²) in [5.74, 6) is 0.621. The normalized spacial score (nSPS) is 12.3. The van der Waals surface area contributed by atoms with E-state index in [9.17, 15) is 4.79 Å². The van der Waals surface area contributed by atoms with E-state index in [0.29, 0.717) is 11.8 Å². The van der Waals surface area contributed by atoms with Crippen LogP contribution in [0.15, 0.2) is 0 Å². The molecule has 7 heteroatoms. The minimum Gasteiger partial charge on any atom is -0.480 e. The third-order valence-electron chi connectivity index (χ3n) is 2.27. The Bertz CT molecular complexity index is 407. The van der Waals surface area contributed by atoms with E-state index < -0.39 is 12.0 Å². The first kappa shape index (κ1) is 14.1. The van der Waals surface area contributed by atoms with Gasteiger partial charge in [-0.3, -0.25) is 4.79 Å². The number of carboxylic acids is 1. The molecule has 1 aromatic heterocycles. The predicted molar refractivity (Wildman–Crippen MR) is 69.0 cm³/mol. The van der Waals surface area contributed by atoms with Crippen LogP contribution in [0.2, 0.25) is 0 Å². The molecule has 0 radical (unpaired) electrons. The van der Waals surface area contributed by atoms with Crippen LogP contribution in [0.1, 0.15) is 32.5 Å². The molecule has 0 aliphatic heterocycles. The van der Waals surface area contributed by atoms with Crippen LogP contribution in [-0.4, -0.2) is 46.2 Å². The summed E-state index contributed by atoms with van der Waals surface area (Å²) in [6, 6.07) is -0.748. The number of nitrogens with one attached hydrogen (secondary N) is 1. The summed E-state index contributed by atoms with van der Waals surface area (Å²) in [6.45, 7) is 5.48. The fourth-order valence-corrected chi connectivity index (χ4v) is 1.16. The number of aromatic nitrogens is 3. The lowest BCUT2D eigenvalue weighted by Gasteiger charge is -2.16. The largest absolute Gasteiger partial charge is 0.480 e. The molecule has 0 saturated carbocycles. The van der Waals surface area contributed by atoms with Gasteiger partial charge in [-0.25, -0.2) is 0 Å². The lowest BCUT2D eigenvalue weighted by molar-refractivity contribution is -0.137. The summed E-state index contributed by atoms with van der Waals surface area (Å²) in [5, 5.41) is 11.6. The Morgan fingerprint density at radius 2 is 1.83 bits per heavy atom. The first-order valence-corrected chi connectivity index (χ1v) is 5.74. The van der Waals surface area contributed by atoms with Gasteiger partial charge in [-0.1, -0.05) is 13.8 Å². The van der Waals surface area contributed by atoms with Crippen LogP contribution in [0.4, 0.5) is 11.9 Å². The molecule has 0 amide bonds. The first-order chi connectivity index (χ1) is 8.31. The molecule has 1 heterocycles. The molecule has 0 fully saturated rings. The van der Waals surface area contributed by atoms with Crippen molar-refractivity contribution in [1.29, 1.82) is 0 Å². The van der Waals surface area contributed by atoms with E-state index in [-0.39, 0.29) is 11.9 Å². The molecule has 18 heavy (non-hydrogen) atoms. The van der Waals surface area contributed by atoms with Gasteiger partial charge in [0.2, 0.25) is 11.9 Å². The van der Waals surface area contributed by atoms with Crippen LogP contribution < -0.4 is 10.2 Å². The van der Waals surface area contributed by atoms with Crippen molar-refractivity contribution in [1.82, 2.24) is 15.0 Å². The lowest BCUT2D eigenvalue weighted by atomic mass is 10.2. The second-order valence-electron chi connectivity index (χ2n) is 4.57. The molecule has 7 nitrogen and oxygen atoms in total. The molecular weight excluding hydrogens is 234 g/mol. The van der Waals surface area contributed by atoms with Gasteiger partial charge in [0.1, 0.15) is 11.9 Å². The summed E-state index contributed by atoms with van der Waals surface area (Å²) >= 11 is 0. The highest BCUT2D eigenvalue weighted by atomic mass is 16.4. The number of aliphatic carboxylic acids is 1. The van der Waals surface area contributed by atoms with E-state index in [0.717, 1.165) is 0 Å². The lowest BCUT2D eigenvalue weighted by Crippen LogP contribution is -2.27. The first-order valence-electron chi connectivity index (χ1n) is 5.74. The van der Waals surface area contributed by atoms with Gasteiger partial charge in [0.15, 0.2) is 0 Å². The van der Waals surface area contributed by atoms with Gasteiger partial charge in [-0.15, -0.1) is 0 Å². The molecule has 0 saturated heterocycles. The van der Waals surface area contributed by atoms with Crippen molar-refractivity contribution in [3.63, 3.8) is 0 Å². The fourth-order valence-electron chi connectivity index (χ4n) is 1.16. The maximum absolute atomic E-state index is 10.8. The zero-order valence-corrected chi connectivity index (χ0v) is 11.3. The Labute approximate surface area is 106 Å². The minimum atomic E-state index is -0.951. The summed E-state index contributed by atoms with van der Waals surface area (Å²) < 4.78 is 0. The molecule has 0 bridgehead atoms. The molecule has 1 aromatic rings. The highest BCUT2D eigenvalue weighted by Gasteiger charge is 2.15. The van der Waals surface area contributed by atoms with E-state index in [1.807, 2.05) is 27.9 Å². The van der Waals surface area contributed by atoms with E-state index in [1.54, 1.807) is 4.90 Å². The predicted octanol–water partition coefficient (Wildman–Crippen LogP) is 0.946. The molecule has 1 unspecified atom stereocenters.